The maximum absolute atomic E-state index is 14.4. The van der Waals surface area contributed by atoms with Crippen LogP contribution in [0.5, 0.6) is 0 Å². The summed E-state index contributed by atoms with van der Waals surface area (Å²) in [7, 11) is 0. The lowest BCUT2D eigenvalue weighted by Gasteiger charge is -2.39. The van der Waals surface area contributed by atoms with E-state index >= 15 is 0 Å². The van der Waals surface area contributed by atoms with E-state index in [2.05, 4.69) is 37.7 Å². The highest BCUT2D eigenvalue weighted by atomic mass is 16.5. The van der Waals surface area contributed by atoms with Crippen LogP contribution < -0.4 is 10.2 Å². The number of carbonyl (C=O) groups excluding carboxylic acids is 3. The molecule has 4 rings (SSSR count). The summed E-state index contributed by atoms with van der Waals surface area (Å²) in [6.45, 7) is 10.6. The first-order chi connectivity index (χ1) is 18.2. The largest absolute Gasteiger partial charge is 0.377 e. The van der Waals surface area contributed by atoms with Gasteiger partial charge in [0.25, 0.3) is 5.91 Å². The number of aromatic nitrogens is 1. The number of nitrogens with zero attached hydrogens (tertiary/aromatic N) is 3. The minimum Gasteiger partial charge on any atom is -0.377 e. The zero-order valence-corrected chi connectivity index (χ0v) is 22.6. The van der Waals surface area contributed by atoms with E-state index in [4.69, 9.17) is 4.74 Å². The normalized spacial score (nSPS) is 19.0. The van der Waals surface area contributed by atoms with Gasteiger partial charge in [0.1, 0.15) is 12.1 Å². The molecule has 1 saturated heterocycles. The van der Waals surface area contributed by atoms with Crippen molar-refractivity contribution in [3.8, 4) is 0 Å². The van der Waals surface area contributed by atoms with Crippen molar-refractivity contribution in [3.63, 3.8) is 0 Å². The average molecular weight is 519 g/mol. The van der Waals surface area contributed by atoms with Gasteiger partial charge in [-0.25, -0.2) is 0 Å². The summed E-state index contributed by atoms with van der Waals surface area (Å²) < 4.78 is 5.64. The number of benzene rings is 1. The minimum absolute atomic E-state index is 0.0407. The molecule has 2 aromatic rings. The van der Waals surface area contributed by atoms with E-state index in [0.717, 1.165) is 31.2 Å². The van der Waals surface area contributed by atoms with E-state index in [-0.39, 0.29) is 42.3 Å². The van der Waals surface area contributed by atoms with Crippen LogP contribution in [0.3, 0.4) is 0 Å². The SMILES string of the molecule is C=CC(=O)N1CCOCC1C(=O)N(c1ccc(C(C)(C)C)cc1)C(C(=O)NC1CCCC1)c1cccnc1. The highest BCUT2D eigenvalue weighted by Crippen LogP contribution is 2.32. The third-order valence-electron chi connectivity index (χ3n) is 7.33. The molecule has 8 heteroatoms. The molecular weight excluding hydrogens is 480 g/mol. The van der Waals surface area contributed by atoms with Crippen molar-refractivity contribution in [1.29, 1.82) is 0 Å². The first kappa shape index (κ1) is 27.5. The summed E-state index contributed by atoms with van der Waals surface area (Å²) in [5, 5.41) is 3.18. The van der Waals surface area contributed by atoms with Crippen LogP contribution >= 0.6 is 0 Å². The molecule has 8 nitrogen and oxygen atoms in total. The lowest BCUT2D eigenvalue weighted by Crippen LogP contribution is -2.58. The first-order valence-electron chi connectivity index (χ1n) is 13.4. The topological polar surface area (TPSA) is 91.8 Å². The van der Waals surface area contributed by atoms with Crippen LogP contribution in [0.1, 0.15) is 63.6 Å². The van der Waals surface area contributed by atoms with Crippen LogP contribution in [0.4, 0.5) is 5.69 Å². The number of carbonyl (C=O) groups is 3. The number of morpholine rings is 1. The molecule has 38 heavy (non-hydrogen) atoms. The molecule has 0 spiro atoms. The molecule has 2 atom stereocenters. The fourth-order valence-electron chi connectivity index (χ4n) is 5.18. The van der Waals surface area contributed by atoms with Crippen LogP contribution in [0.2, 0.25) is 0 Å². The molecule has 202 valence electrons. The average Bonchev–Trinajstić information content (AvgIpc) is 3.44. The monoisotopic (exact) mass is 518 g/mol. The summed E-state index contributed by atoms with van der Waals surface area (Å²) in [6, 6.07) is 9.47. The van der Waals surface area contributed by atoms with E-state index in [1.165, 1.54) is 15.9 Å². The molecule has 1 aliphatic heterocycles. The van der Waals surface area contributed by atoms with Gasteiger partial charge in [-0.15, -0.1) is 0 Å². The Hall–Kier alpha value is -3.52. The number of rotatable bonds is 7. The zero-order valence-electron chi connectivity index (χ0n) is 22.6. The maximum atomic E-state index is 14.4. The quantitative estimate of drug-likeness (QED) is 0.561. The first-order valence-corrected chi connectivity index (χ1v) is 13.4. The Morgan fingerprint density at radius 1 is 1.16 bits per heavy atom. The van der Waals surface area contributed by atoms with Gasteiger partial charge in [0.2, 0.25) is 11.8 Å². The summed E-state index contributed by atoms with van der Waals surface area (Å²) in [6.07, 6.45) is 8.43. The van der Waals surface area contributed by atoms with Crippen LogP contribution in [0, 0.1) is 0 Å². The van der Waals surface area contributed by atoms with Crippen LogP contribution in [-0.4, -0.2) is 59.4 Å². The number of hydrogen-bond acceptors (Lipinski definition) is 5. The predicted octanol–water partition coefficient (Wildman–Crippen LogP) is 3.93. The molecule has 2 fully saturated rings. The smallest absolute Gasteiger partial charge is 0.253 e. The van der Waals surface area contributed by atoms with Crippen molar-refractivity contribution < 1.29 is 19.1 Å². The van der Waals surface area contributed by atoms with Crippen molar-refractivity contribution in [3.05, 3.63) is 72.6 Å². The molecule has 1 aliphatic carbocycles. The number of nitrogens with one attached hydrogen (secondary N) is 1. The zero-order chi connectivity index (χ0) is 27.3. The van der Waals surface area contributed by atoms with E-state index < -0.39 is 12.1 Å². The van der Waals surface area contributed by atoms with E-state index in [1.54, 1.807) is 24.5 Å². The molecule has 0 radical (unpaired) electrons. The van der Waals surface area contributed by atoms with Gasteiger partial charge in [0.05, 0.1) is 13.2 Å². The Bertz CT molecular complexity index is 1140. The second kappa shape index (κ2) is 11.9. The van der Waals surface area contributed by atoms with Crippen molar-refractivity contribution in [2.75, 3.05) is 24.7 Å². The van der Waals surface area contributed by atoms with E-state index in [9.17, 15) is 14.4 Å². The standard InChI is InChI=1S/C30H38N4O4/c1-5-26(35)33-17-18-38-20-25(33)29(37)34(24-14-12-22(13-15-24)30(2,3)4)27(21-9-8-16-31-19-21)28(36)32-23-10-6-7-11-23/h5,8-9,12-16,19,23,25,27H,1,6-7,10-11,17-18,20H2,2-4H3,(H,32,36). The van der Waals surface area contributed by atoms with Gasteiger partial charge in [0, 0.05) is 36.2 Å². The van der Waals surface area contributed by atoms with Gasteiger partial charge in [-0.3, -0.25) is 24.3 Å². The Kier molecular flexibility index (Phi) is 8.62. The van der Waals surface area contributed by atoms with Crippen LogP contribution in [0.15, 0.2) is 61.4 Å². The molecule has 2 unspecified atom stereocenters. The fourth-order valence-corrected chi connectivity index (χ4v) is 5.18. The molecule has 2 aliphatic rings. The second-order valence-corrected chi connectivity index (χ2v) is 11.0. The van der Waals surface area contributed by atoms with Gasteiger partial charge < -0.3 is 15.0 Å². The van der Waals surface area contributed by atoms with Gasteiger partial charge >= 0.3 is 0 Å². The summed E-state index contributed by atoms with van der Waals surface area (Å²) in [5.41, 5.74) is 2.18. The Morgan fingerprint density at radius 2 is 1.87 bits per heavy atom. The molecule has 3 amide bonds. The molecule has 1 saturated carbocycles. The summed E-state index contributed by atoms with van der Waals surface area (Å²) in [5.74, 6) is -1.00. The predicted molar refractivity (Wildman–Crippen MR) is 147 cm³/mol. The molecular formula is C30H38N4O4. The van der Waals surface area contributed by atoms with E-state index in [0.29, 0.717) is 17.9 Å². The van der Waals surface area contributed by atoms with Gasteiger partial charge in [-0.1, -0.05) is 58.4 Å². The minimum atomic E-state index is -0.972. The second-order valence-electron chi connectivity index (χ2n) is 11.0. The fraction of sp³-hybridized carbons (Fsp3) is 0.467. The summed E-state index contributed by atoms with van der Waals surface area (Å²) >= 11 is 0. The Balaban J connectivity index is 1.81. The molecule has 1 aromatic carbocycles. The van der Waals surface area contributed by atoms with Crippen molar-refractivity contribution >= 4 is 23.4 Å². The molecule has 2 heterocycles. The van der Waals surface area contributed by atoms with E-state index in [1.807, 2.05) is 24.3 Å². The molecule has 0 bridgehead atoms. The van der Waals surface area contributed by atoms with Crippen molar-refractivity contribution in [2.24, 2.45) is 0 Å². The van der Waals surface area contributed by atoms with Crippen LogP contribution in [-0.2, 0) is 24.5 Å². The third kappa shape index (κ3) is 6.13. The highest BCUT2D eigenvalue weighted by molar-refractivity contribution is 6.05. The van der Waals surface area contributed by atoms with Crippen molar-refractivity contribution in [2.45, 2.75) is 70.0 Å². The Morgan fingerprint density at radius 3 is 2.47 bits per heavy atom. The number of pyridine rings is 1. The summed E-state index contributed by atoms with van der Waals surface area (Å²) in [4.78, 5) is 48.3. The third-order valence-corrected chi connectivity index (χ3v) is 7.33. The van der Waals surface area contributed by atoms with Crippen LogP contribution in [0.25, 0.3) is 0 Å². The number of anilines is 1. The number of hydrogen-bond donors (Lipinski definition) is 1. The van der Waals surface area contributed by atoms with Gasteiger partial charge in [-0.2, -0.15) is 0 Å². The highest BCUT2D eigenvalue weighted by Gasteiger charge is 2.41. The molecule has 1 N–H and O–H groups in total. The lowest BCUT2D eigenvalue weighted by molar-refractivity contribution is -0.144. The number of amides is 3. The van der Waals surface area contributed by atoms with Gasteiger partial charge in [-0.05, 0) is 48.1 Å². The Labute approximate surface area is 225 Å². The number of ether oxygens (including phenoxy) is 1. The molecule has 1 aromatic heterocycles. The van der Waals surface area contributed by atoms with Crippen molar-refractivity contribution in [1.82, 2.24) is 15.2 Å². The van der Waals surface area contributed by atoms with Gasteiger partial charge in [0.15, 0.2) is 0 Å². The maximum Gasteiger partial charge on any atom is 0.253 e. The lowest BCUT2D eigenvalue weighted by atomic mass is 9.87.